The van der Waals surface area contributed by atoms with Crippen LogP contribution in [0.3, 0.4) is 0 Å². The Morgan fingerprint density at radius 1 is 0.324 bits per heavy atom. The minimum absolute atomic E-state index is 0.0184. The zero-order valence-electron chi connectivity index (χ0n) is 35.0. The molecule has 34 heteroatoms. The Balaban J connectivity index is 6.55. The van der Waals surface area contributed by atoms with Crippen LogP contribution < -0.4 is 0 Å². The predicted octanol–water partition coefficient (Wildman–Crippen LogP) is 14.2. The zero-order chi connectivity index (χ0) is 54.3. The van der Waals surface area contributed by atoms with Gasteiger partial charge in [-0.1, -0.05) is 78.1 Å². The summed E-state index contributed by atoms with van der Waals surface area (Å²) in [5, 5.41) is -5.26. The van der Waals surface area contributed by atoms with E-state index in [-0.39, 0.29) is 25.7 Å². The molecule has 410 valence electrons. The van der Waals surface area contributed by atoms with E-state index in [0.717, 1.165) is 0 Å². The molecular formula is C34H44F26O6S2. The summed E-state index contributed by atoms with van der Waals surface area (Å²) in [5.74, 6) is -78.1. The van der Waals surface area contributed by atoms with E-state index >= 15 is 0 Å². The van der Waals surface area contributed by atoms with Gasteiger partial charge in [-0.3, -0.25) is 8.37 Å². The van der Waals surface area contributed by atoms with Crippen molar-refractivity contribution in [2.24, 2.45) is 0 Å². The standard InChI is InChI=1S/C34H44F26O6S2/c1-3-5-7-9-11-13-21(15-17-23(35,36)25(39,40)27(43,44)29(47,48)31(51,52)33(55,56)57)67(61,62)65-19-20-66-68(63,64)22(14-12-10-8-6-4-2)16-18-24(37,38)26(41,42)28(45,46)30(49,50)32(53,54)34(58,59)60/h21-22H,3-20H2,1-2H3. The Morgan fingerprint density at radius 3 is 0.794 bits per heavy atom. The predicted molar refractivity (Wildman–Crippen MR) is 184 cm³/mol. The SMILES string of the molecule is CCCCCCCC(CCC(F)(F)C(F)(F)C(F)(F)C(F)(F)C(F)(F)C(F)(F)F)S(=O)(=O)OCCOS(=O)(=O)C(CCCCCCC)CCC(F)(F)C(F)(F)C(F)(F)C(F)(F)C(F)(F)C(F)(F)F. The first-order chi connectivity index (χ1) is 30.0. The minimum Gasteiger partial charge on any atom is -0.267 e. The molecule has 0 fully saturated rings. The first-order valence-electron chi connectivity index (χ1n) is 19.7. The van der Waals surface area contributed by atoms with Crippen LogP contribution in [0, 0.1) is 0 Å². The molecule has 0 aromatic carbocycles. The highest BCUT2D eigenvalue weighted by molar-refractivity contribution is 7.87. The maximum Gasteiger partial charge on any atom is 0.460 e. The maximum atomic E-state index is 14.6. The van der Waals surface area contributed by atoms with Gasteiger partial charge in [-0.2, -0.15) is 131 Å². The van der Waals surface area contributed by atoms with Crippen LogP contribution in [0.25, 0.3) is 0 Å². The monoisotopic (exact) mass is 1110 g/mol. The lowest BCUT2D eigenvalue weighted by molar-refractivity contribution is -0.440. The Morgan fingerprint density at radius 2 is 0.559 bits per heavy atom. The summed E-state index contributed by atoms with van der Waals surface area (Å²) >= 11 is 0. The molecule has 0 saturated heterocycles. The molecule has 68 heavy (non-hydrogen) atoms. The van der Waals surface area contributed by atoms with Crippen molar-refractivity contribution in [3.63, 3.8) is 0 Å². The van der Waals surface area contributed by atoms with Gasteiger partial charge in [0.2, 0.25) is 0 Å². The summed E-state index contributed by atoms with van der Waals surface area (Å²) < 4.78 is 414. The maximum absolute atomic E-state index is 14.6. The fraction of sp³-hybridized carbons (Fsp3) is 1.00. The van der Waals surface area contributed by atoms with E-state index in [1.165, 1.54) is 0 Å². The van der Waals surface area contributed by atoms with Gasteiger partial charge in [0.15, 0.2) is 0 Å². The van der Waals surface area contributed by atoms with E-state index in [1.54, 1.807) is 13.8 Å². The van der Waals surface area contributed by atoms with Gasteiger partial charge in [-0.15, -0.1) is 0 Å². The Kier molecular flexibility index (Phi) is 22.2. The molecule has 0 saturated carbocycles. The number of hydrogen-bond acceptors (Lipinski definition) is 6. The molecule has 0 aliphatic rings. The van der Waals surface area contributed by atoms with Crippen molar-refractivity contribution >= 4 is 20.2 Å². The number of halogens is 26. The minimum atomic E-state index is -8.27. The van der Waals surface area contributed by atoms with Crippen LogP contribution in [0.5, 0.6) is 0 Å². The number of hydrogen-bond donors (Lipinski definition) is 0. The molecule has 0 aromatic rings. The second-order valence-electron chi connectivity index (χ2n) is 15.4. The molecule has 0 aliphatic carbocycles. The van der Waals surface area contributed by atoms with Gasteiger partial charge in [-0.25, -0.2) is 0 Å². The normalized spacial score (nSPS) is 16.4. The number of rotatable bonds is 33. The highest BCUT2D eigenvalue weighted by atomic mass is 32.2. The second kappa shape index (κ2) is 22.8. The van der Waals surface area contributed by atoms with Gasteiger partial charge in [0.1, 0.15) is 0 Å². The number of alkyl halides is 26. The van der Waals surface area contributed by atoms with Gasteiger partial charge < -0.3 is 0 Å². The van der Waals surface area contributed by atoms with E-state index in [1.807, 2.05) is 0 Å². The molecule has 6 nitrogen and oxygen atoms in total. The molecule has 2 atom stereocenters. The third kappa shape index (κ3) is 13.9. The fourth-order valence-electron chi connectivity index (χ4n) is 5.91. The van der Waals surface area contributed by atoms with Crippen molar-refractivity contribution in [3.05, 3.63) is 0 Å². The van der Waals surface area contributed by atoms with E-state index in [4.69, 9.17) is 0 Å². The number of unbranched alkanes of at least 4 members (excludes halogenated alkanes) is 8. The summed E-state index contributed by atoms with van der Waals surface area (Å²) in [4.78, 5) is 0. The fourth-order valence-corrected chi connectivity index (χ4v) is 8.62. The molecule has 0 heterocycles. The molecule has 0 amide bonds. The van der Waals surface area contributed by atoms with Crippen molar-refractivity contribution in [2.75, 3.05) is 13.2 Å². The van der Waals surface area contributed by atoms with Crippen LogP contribution in [-0.2, 0) is 28.6 Å². The molecule has 0 aliphatic heterocycles. The van der Waals surface area contributed by atoms with Crippen LogP contribution in [0.2, 0.25) is 0 Å². The van der Waals surface area contributed by atoms with Gasteiger partial charge in [-0.05, 0) is 25.7 Å². The Labute approximate surface area is 371 Å². The van der Waals surface area contributed by atoms with Crippen LogP contribution in [0.15, 0.2) is 0 Å². The van der Waals surface area contributed by atoms with Crippen LogP contribution in [0.1, 0.15) is 117 Å². The lowest BCUT2D eigenvalue weighted by Crippen LogP contribution is -2.70. The lowest BCUT2D eigenvalue weighted by Gasteiger charge is -2.40. The molecule has 0 N–H and O–H groups in total. The molecule has 0 aromatic heterocycles. The van der Waals surface area contributed by atoms with E-state index in [9.17, 15) is 131 Å². The van der Waals surface area contributed by atoms with Gasteiger partial charge in [0.05, 0.1) is 23.7 Å². The molecule has 0 rings (SSSR count). The van der Waals surface area contributed by atoms with Crippen LogP contribution in [-0.4, -0.2) is 112 Å². The summed E-state index contributed by atoms with van der Waals surface area (Å²) in [6.07, 6.45) is -26.0. The smallest absolute Gasteiger partial charge is 0.267 e. The largest absolute Gasteiger partial charge is 0.460 e. The summed E-state index contributed by atoms with van der Waals surface area (Å²) in [6.45, 7) is -0.0724. The van der Waals surface area contributed by atoms with Crippen molar-refractivity contribution in [1.29, 1.82) is 0 Å². The van der Waals surface area contributed by atoms with Gasteiger partial charge in [0.25, 0.3) is 20.2 Å². The molecule has 0 bridgehead atoms. The highest BCUT2D eigenvalue weighted by Gasteiger charge is 2.92. The third-order valence-electron chi connectivity index (χ3n) is 10.2. The summed E-state index contributed by atoms with van der Waals surface area (Å²) in [5.41, 5.74) is 0. The average molecular weight is 1110 g/mol. The molecule has 0 radical (unpaired) electrons. The van der Waals surface area contributed by atoms with Crippen LogP contribution >= 0.6 is 0 Å². The van der Waals surface area contributed by atoms with E-state index in [0.29, 0.717) is 25.7 Å². The van der Waals surface area contributed by atoms with Crippen LogP contribution in [0.4, 0.5) is 114 Å². The van der Waals surface area contributed by atoms with Gasteiger partial charge in [0, 0.05) is 12.8 Å². The van der Waals surface area contributed by atoms with Crippen molar-refractivity contribution in [1.82, 2.24) is 0 Å². The molecule has 0 spiro atoms. The third-order valence-corrected chi connectivity index (χ3v) is 13.8. The van der Waals surface area contributed by atoms with Gasteiger partial charge >= 0.3 is 71.6 Å². The second-order valence-corrected chi connectivity index (χ2v) is 19.1. The molecule has 2 unspecified atom stereocenters. The quantitative estimate of drug-likeness (QED) is 0.0370. The van der Waals surface area contributed by atoms with E-state index < -0.39 is 167 Å². The summed E-state index contributed by atoms with van der Waals surface area (Å²) in [6, 6.07) is 0. The average Bonchev–Trinajstić information content (AvgIpc) is 3.16. The summed E-state index contributed by atoms with van der Waals surface area (Å²) in [7, 11) is -11.3. The lowest BCUT2D eigenvalue weighted by atomic mass is 9.91. The highest BCUT2D eigenvalue weighted by Crippen LogP contribution is 2.62. The first kappa shape index (κ1) is 66.0. The Bertz CT molecular complexity index is 1650. The topological polar surface area (TPSA) is 86.7 Å². The first-order valence-corrected chi connectivity index (χ1v) is 22.7. The van der Waals surface area contributed by atoms with E-state index in [2.05, 4.69) is 8.37 Å². The van der Waals surface area contributed by atoms with Crippen molar-refractivity contribution in [2.45, 2.75) is 199 Å². The van der Waals surface area contributed by atoms with Crippen molar-refractivity contribution in [3.8, 4) is 0 Å². The zero-order valence-corrected chi connectivity index (χ0v) is 36.6. The molecular weight excluding hydrogens is 1060 g/mol. The Hall–Kier alpha value is -2.00. The van der Waals surface area contributed by atoms with Crippen molar-refractivity contribution < 1.29 is 139 Å².